The number of hydrogen-bond donors (Lipinski definition) is 1. The monoisotopic (exact) mass is 478 g/mol. The molecule has 1 N–H and O–H groups in total. The number of amides is 1. The highest BCUT2D eigenvalue weighted by molar-refractivity contribution is 7.20. The van der Waals surface area contributed by atoms with Crippen molar-refractivity contribution in [3.05, 3.63) is 31.3 Å². The van der Waals surface area contributed by atoms with E-state index < -0.39 is 42.1 Å². The second-order valence-electron chi connectivity index (χ2n) is 7.89. The minimum Gasteiger partial charge on any atom is -0.443 e. The van der Waals surface area contributed by atoms with Gasteiger partial charge in [-0.05, 0) is 33.3 Å². The normalized spacial score (nSPS) is 12.6. The van der Waals surface area contributed by atoms with Crippen LogP contribution in [0.5, 0.6) is 0 Å². The first-order valence-electron chi connectivity index (χ1n) is 9.59. The molecule has 0 unspecified atom stereocenters. The largest absolute Gasteiger partial charge is 0.443 e. The summed E-state index contributed by atoms with van der Waals surface area (Å²) in [7, 11) is 1.38. The van der Waals surface area contributed by atoms with Crippen LogP contribution in [0.1, 0.15) is 37.6 Å². The number of alkyl halides is 3. The predicted octanol–water partition coefficient (Wildman–Crippen LogP) is 2.99. The van der Waals surface area contributed by atoms with Gasteiger partial charge in [0.25, 0.3) is 5.56 Å². The summed E-state index contributed by atoms with van der Waals surface area (Å²) < 4.78 is 50.2. The van der Waals surface area contributed by atoms with E-state index in [1.807, 2.05) is 0 Å². The number of aryl methyl sites for hydroxylation is 2. The van der Waals surface area contributed by atoms with Crippen LogP contribution in [0.4, 0.5) is 18.0 Å². The predicted molar refractivity (Wildman–Crippen MR) is 115 cm³/mol. The third kappa shape index (κ3) is 6.42. The Morgan fingerprint density at radius 2 is 1.84 bits per heavy atom. The minimum absolute atomic E-state index is 0.0389. The molecule has 0 aliphatic heterocycles. The number of hydrazone groups is 1. The molecule has 2 rings (SSSR count). The number of nitrogens with zero attached hydrogens (tertiary/aromatic N) is 3. The molecule has 0 aliphatic carbocycles. The smallest absolute Gasteiger partial charge is 0.428 e. The molecule has 2 aromatic heterocycles. The van der Waals surface area contributed by atoms with Gasteiger partial charge >= 0.3 is 18.0 Å². The molecule has 2 heterocycles. The quantitative estimate of drug-likeness (QED) is 0.487. The Labute approximate surface area is 185 Å². The molecule has 0 radical (unpaired) electrons. The molecule has 0 saturated carbocycles. The lowest BCUT2D eigenvalue weighted by Gasteiger charge is -2.18. The SMILES string of the molecule is COCCn1c(=O)c2c(C)c(C=NNC(=O)OC(C)(C)C)sc2n(CCC(F)(F)F)c1=O. The van der Waals surface area contributed by atoms with Crippen LogP contribution < -0.4 is 16.7 Å². The average molecular weight is 478 g/mol. The van der Waals surface area contributed by atoms with Gasteiger partial charge in [-0.1, -0.05) is 0 Å². The lowest BCUT2D eigenvalue weighted by Crippen LogP contribution is -2.41. The Bertz CT molecular complexity index is 1130. The first-order chi connectivity index (χ1) is 14.7. The molecule has 9 nitrogen and oxygen atoms in total. The van der Waals surface area contributed by atoms with Crippen LogP contribution in [-0.4, -0.2) is 46.9 Å². The Morgan fingerprint density at radius 3 is 2.41 bits per heavy atom. The number of halogens is 3. The summed E-state index contributed by atoms with van der Waals surface area (Å²) in [5, 5.41) is 3.90. The summed E-state index contributed by atoms with van der Waals surface area (Å²) in [5.74, 6) is 0. The van der Waals surface area contributed by atoms with Gasteiger partial charge in [-0.3, -0.25) is 13.9 Å². The molecule has 1 amide bonds. The van der Waals surface area contributed by atoms with Crippen LogP contribution in [0.3, 0.4) is 0 Å². The van der Waals surface area contributed by atoms with Gasteiger partial charge in [0.1, 0.15) is 10.4 Å². The van der Waals surface area contributed by atoms with Gasteiger partial charge in [-0.15, -0.1) is 11.3 Å². The number of aromatic nitrogens is 2. The molecule has 0 atom stereocenters. The van der Waals surface area contributed by atoms with E-state index in [4.69, 9.17) is 9.47 Å². The second kappa shape index (κ2) is 9.86. The maximum absolute atomic E-state index is 12.9. The molecule has 0 spiro atoms. The molecule has 13 heteroatoms. The number of methoxy groups -OCH3 is 1. The Hall–Kier alpha value is -2.67. The maximum atomic E-state index is 12.9. The number of hydrogen-bond acceptors (Lipinski definition) is 7. The van der Waals surface area contributed by atoms with E-state index >= 15 is 0 Å². The van der Waals surface area contributed by atoms with Gasteiger partial charge in [-0.2, -0.15) is 18.3 Å². The van der Waals surface area contributed by atoms with Gasteiger partial charge in [0.2, 0.25) is 0 Å². The van der Waals surface area contributed by atoms with Crippen molar-refractivity contribution in [1.82, 2.24) is 14.6 Å². The van der Waals surface area contributed by atoms with Crippen molar-refractivity contribution in [2.24, 2.45) is 5.10 Å². The Balaban J connectivity index is 2.52. The lowest BCUT2D eigenvalue weighted by molar-refractivity contribution is -0.136. The average Bonchev–Trinajstić information content (AvgIpc) is 2.95. The summed E-state index contributed by atoms with van der Waals surface area (Å²) in [6, 6.07) is 0. The first-order valence-corrected chi connectivity index (χ1v) is 10.4. The number of ether oxygens (including phenoxy) is 2. The van der Waals surface area contributed by atoms with E-state index in [0.29, 0.717) is 10.4 Å². The van der Waals surface area contributed by atoms with E-state index in [9.17, 15) is 27.6 Å². The van der Waals surface area contributed by atoms with Crippen LogP contribution in [0.2, 0.25) is 0 Å². The molecule has 0 bridgehead atoms. The fraction of sp³-hybridized carbons (Fsp3) is 0.579. The molecule has 2 aromatic rings. The summed E-state index contributed by atoms with van der Waals surface area (Å²) in [6.45, 7) is 5.93. The highest BCUT2D eigenvalue weighted by Gasteiger charge is 2.28. The molecule has 178 valence electrons. The second-order valence-corrected chi connectivity index (χ2v) is 8.92. The number of fused-ring (bicyclic) bond motifs is 1. The minimum atomic E-state index is -4.48. The van der Waals surface area contributed by atoms with Gasteiger partial charge < -0.3 is 9.47 Å². The van der Waals surface area contributed by atoms with Crippen molar-refractivity contribution in [2.45, 2.75) is 59.0 Å². The van der Waals surface area contributed by atoms with Crippen molar-refractivity contribution in [1.29, 1.82) is 0 Å². The zero-order valence-corrected chi connectivity index (χ0v) is 19.1. The lowest BCUT2D eigenvalue weighted by atomic mass is 10.2. The van der Waals surface area contributed by atoms with E-state index in [0.717, 1.165) is 20.5 Å². The molecule has 0 saturated heterocycles. The summed E-state index contributed by atoms with van der Waals surface area (Å²) in [6.07, 6.45) is -5.25. The van der Waals surface area contributed by atoms with E-state index in [1.54, 1.807) is 27.7 Å². The molecular weight excluding hydrogens is 453 g/mol. The summed E-state index contributed by atoms with van der Waals surface area (Å²) in [5.41, 5.74) is 0.409. The molecule has 0 fully saturated rings. The van der Waals surface area contributed by atoms with E-state index in [2.05, 4.69) is 10.5 Å². The third-order valence-corrected chi connectivity index (χ3v) is 5.45. The summed E-state index contributed by atoms with van der Waals surface area (Å²) in [4.78, 5) is 37.9. The first kappa shape index (κ1) is 25.6. The topological polar surface area (TPSA) is 104 Å². The summed E-state index contributed by atoms with van der Waals surface area (Å²) >= 11 is 0.936. The van der Waals surface area contributed by atoms with Gasteiger partial charge in [0, 0.05) is 13.7 Å². The Kier molecular flexibility index (Phi) is 7.88. The van der Waals surface area contributed by atoms with Crippen LogP contribution in [-0.2, 0) is 22.6 Å². The van der Waals surface area contributed by atoms with Crippen molar-refractivity contribution in [2.75, 3.05) is 13.7 Å². The highest BCUT2D eigenvalue weighted by atomic mass is 32.1. The van der Waals surface area contributed by atoms with Crippen molar-refractivity contribution >= 4 is 33.9 Å². The zero-order valence-electron chi connectivity index (χ0n) is 18.3. The molecule has 32 heavy (non-hydrogen) atoms. The van der Waals surface area contributed by atoms with E-state index in [1.165, 1.54) is 13.3 Å². The zero-order chi connectivity index (χ0) is 24.3. The number of nitrogens with one attached hydrogen (secondary N) is 1. The van der Waals surface area contributed by atoms with E-state index in [-0.39, 0.29) is 23.4 Å². The van der Waals surface area contributed by atoms with Gasteiger partial charge in [0.05, 0.1) is 36.1 Å². The number of carbonyl (C=O) groups excluding carboxylic acids is 1. The highest BCUT2D eigenvalue weighted by Crippen LogP contribution is 2.28. The van der Waals surface area contributed by atoms with Crippen molar-refractivity contribution < 1.29 is 27.4 Å². The number of rotatable bonds is 7. The molecule has 0 aliphatic rings. The molecular formula is C19H25F3N4O5S. The fourth-order valence-electron chi connectivity index (χ4n) is 2.79. The van der Waals surface area contributed by atoms with Gasteiger partial charge in [0.15, 0.2) is 0 Å². The van der Waals surface area contributed by atoms with Crippen LogP contribution >= 0.6 is 11.3 Å². The van der Waals surface area contributed by atoms with Crippen molar-refractivity contribution in [3.8, 4) is 0 Å². The maximum Gasteiger partial charge on any atom is 0.428 e. The fourth-order valence-corrected chi connectivity index (χ4v) is 3.99. The van der Waals surface area contributed by atoms with Crippen LogP contribution in [0.15, 0.2) is 14.7 Å². The standard InChI is InChI=1S/C19H25F3N4O5S/c1-11-12(10-23-24-16(28)31-18(2,3)4)32-15-13(11)14(27)25(8-9-30-5)17(29)26(15)7-6-19(20,21)22/h10H,6-9H2,1-5H3,(H,24,28). The molecule has 0 aromatic carbocycles. The number of thiophene rings is 1. The van der Waals surface area contributed by atoms with Crippen molar-refractivity contribution in [3.63, 3.8) is 0 Å². The number of carbonyl (C=O) groups is 1. The van der Waals surface area contributed by atoms with Crippen LogP contribution in [0, 0.1) is 6.92 Å². The van der Waals surface area contributed by atoms with Gasteiger partial charge in [-0.25, -0.2) is 15.0 Å². The Morgan fingerprint density at radius 1 is 1.19 bits per heavy atom. The van der Waals surface area contributed by atoms with Crippen LogP contribution in [0.25, 0.3) is 10.2 Å². The third-order valence-electron chi connectivity index (χ3n) is 4.21.